The van der Waals surface area contributed by atoms with Gasteiger partial charge in [-0.05, 0) is 76.5 Å². The number of hydrogen-bond acceptors (Lipinski definition) is 11. The number of benzene rings is 1. The summed E-state index contributed by atoms with van der Waals surface area (Å²) < 4.78 is 41.3. The molecule has 2 saturated carbocycles. The summed E-state index contributed by atoms with van der Waals surface area (Å²) in [6, 6.07) is 3.00. The lowest BCUT2D eigenvalue weighted by Crippen LogP contribution is -2.64. The highest BCUT2D eigenvalue weighted by molar-refractivity contribution is 6.35. The Labute approximate surface area is 311 Å². The van der Waals surface area contributed by atoms with Crippen molar-refractivity contribution in [2.24, 2.45) is 10.8 Å². The van der Waals surface area contributed by atoms with E-state index in [2.05, 4.69) is 20.4 Å². The first-order valence-electron chi connectivity index (χ1n) is 19.0. The predicted octanol–water partition coefficient (Wildman–Crippen LogP) is 5.95. The van der Waals surface area contributed by atoms with Crippen molar-refractivity contribution in [2.75, 3.05) is 58.0 Å². The number of ether oxygens (including phenoxy) is 4. The predicted molar refractivity (Wildman–Crippen MR) is 195 cm³/mol. The molecule has 0 unspecified atom stereocenters. The van der Waals surface area contributed by atoms with Gasteiger partial charge in [-0.3, -0.25) is 10.00 Å². The van der Waals surface area contributed by atoms with E-state index in [9.17, 15) is 4.79 Å². The summed E-state index contributed by atoms with van der Waals surface area (Å²) in [5, 5.41) is 11.3. The normalized spacial score (nSPS) is 28.3. The molecule has 280 valence electrons. The summed E-state index contributed by atoms with van der Waals surface area (Å²) in [6.07, 6.45) is 10.6. The van der Waals surface area contributed by atoms with Crippen LogP contribution in [0.5, 0.6) is 11.9 Å². The summed E-state index contributed by atoms with van der Waals surface area (Å²) in [5.74, 6) is -0.0793. The Morgan fingerprint density at radius 1 is 1.11 bits per heavy atom. The van der Waals surface area contributed by atoms with Crippen LogP contribution in [0.15, 0.2) is 12.3 Å². The lowest BCUT2D eigenvalue weighted by Gasteiger charge is -2.60. The van der Waals surface area contributed by atoms with Crippen molar-refractivity contribution in [1.29, 1.82) is 0 Å². The van der Waals surface area contributed by atoms with Crippen LogP contribution < -0.4 is 19.7 Å². The molecule has 53 heavy (non-hydrogen) atoms. The third-order valence-electron chi connectivity index (χ3n) is 13.2. The lowest BCUT2D eigenvalue weighted by molar-refractivity contribution is -0.196. The molecule has 3 atom stereocenters. The number of carbonyl (C=O) groups excluding carboxylic acids is 1. The lowest BCUT2D eigenvalue weighted by atomic mass is 9.62. The molecule has 3 aromatic heterocycles. The molecule has 10 rings (SSSR count). The number of nitrogens with zero attached hydrogens (tertiary/aromatic N) is 6. The maximum Gasteiger partial charge on any atom is 0.407 e. The minimum absolute atomic E-state index is 0.00148. The Kier molecular flexibility index (Phi) is 7.76. The molecule has 2 aliphatic carbocycles. The van der Waals surface area contributed by atoms with Crippen LogP contribution in [0.25, 0.3) is 33.1 Å². The number of nitrogens with one attached hydrogen (secondary N) is 2. The maximum atomic E-state index is 17.3. The molecule has 2 N–H and O–H groups in total. The van der Waals surface area contributed by atoms with Gasteiger partial charge in [-0.2, -0.15) is 15.1 Å². The number of rotatable bonds is 7. The number of aryl methyl sites for hydroxylation is 1. The van der Waals surface area contributed by atoms with Crippen LogP contribution in [0.4, 0.5) is 15.0 Å². The molecule has 13 nitrogen and oxygen atoms in total. The molecule has 2 spiro atoms. The summed E-state index contributed by atoms with van der Waals surface area (Å²) in [4.78, 5) is 31.6. The molecule has 4 saturated heterocycles. The number of pyridine rings is 1. The van der Waals surface area contributed by atoms with E-state index < -0.39 is 17.5 Å². The van der Waals surface area contributed by atoms with Crippen LogP contribution in [0.1, 0.15) is 63.4 Å². The third-order valence-corrected chi connectivity index (χ3v) is 13.7. The van der Waals surface area contributed by atoms with Gasteiger partial charge in [0, 0.05) is 40.4 Å². The van der Waals surface area contributed by atoms with Crippen molar-refractivity contribution >= 4 is 45.3 Å². The number of aromatic nitrogens is 5. The van der Waals surface area contributed by atoms with Gasteiger partial charge in [0.25, 0.3) is 0 Å². The van der Waals surface area contributed by atoms with E-state index in [0.717, 1.165) is 63.8 Å². The topological polar surface area (TPSA) is 140 Å². The Hall–Kier alpha value is -4.01. The molecule has 1 amide bonds. The number of likely N-dealkylation sites (tertiary alicyclic amines) is 1. The second-order valence-electron chi connectivity index (χ2n) is 16.5. The van der Waals surface area contributed by atoms with Crippen LogP contribution in [-0.2, 0) is 9.47 Å². The van der Waals surface area contributed by atoms with Gasteiger partial charge in [0.05, 0.1) is 56.8 Å². The summed E-state index contributed by atoms with van der Waals surface area (Å²) in [5.41, 5.74) is 1.51. The zero-order valence-electron chi connectivity index (χ0n) is 30.1. The number of amides is 1. The number of fused-ring (bicyclic) bond motifs is 3. The molecule has 1 aromatic carbocycles. The van der Waals surface area contributed by atoms with Crippen molar-refractivity contribution in [1.82, 2.24) is 35.4 Å². The first-order chi connectivity index (χ1) is 25.7. The highest BCUT2D eigenvalue weighted by Gasteiger charge is 2.57. The Bertz CT molecular complexity index is 2140. The van der Waals surface area contributed by atoms with Gasteiger partial charge in [-0.15, -0.1) is 0 Å². The van der Waals surface area contributed by atoms with Crippen molar-refractivity contribution < 1.29 is 28.1 Å². The minimum Gasteiger partial charge on any atom is -0.480 e. The molecule has 7 heterocycles. The zero-order valence-corrected chi connectivity index (χ0v) is 30.9. The maximum absolute atomic E-state index is 17.3. The van der Waals surface area contributed by atoms with Crippen LogP contribution >= 0.6 is 11.6 Å². The Morgan fingerprint density at radius 2 is 1.94 bits per heavy atom. The van der Waals surface area contributed by atoms with Crippen molar-refractivity contribution in [2.45, 2.75) is 82.4 Å². The smallest absolute Gasteiger partial charge is 0.407 e. The Balaban J connectivity index is 1.06. The highest BCUT2D eigenvalue weighted by atomic mass is 35.5. The number of aromatic amines is 1. The van der Waals surface area contributed by atoms with E-state index >= 15 is 4.39 Å². The molecule has 4 aliphatic heterocycles. The van der Waals surface area contributed by atoms with E-state index in [0.29, 0.717) is 82.9 Å². The molecule has 6 aliphatic rings. The fourth-order valence-corrected chi connectivity index (χ4v) is 10.8. The van der Waals surface area contributed by atoms with Crippen LogP contribution in [-0.4, -0.2) is 107 Å². The summed E-state index contributed by atoms with van der Waals surface area (Å²) >= 11 is 6.90. The quantitative estimate of drug-likeness (QED) is 0.232. The van der Waals surface area contributed by atoms with Crippen molar-refractivity contribution in [3.05, 3.63) is 28.7 Å². The largest absolute Gasteiger partial charge is 0.480 e. The number of piperidine rings is 2. The van der Waals surface area contributed by atoms with E-state index in [-0.39, 0.29) is 28.5 Å². The number of carbonyl (C=O) groups is 1. The summed E-state index contributed by atoms with van der Waals surface area (Å²) in [7, 11) is 1.50. The number of hydrogen-bond donors (Lipinski definition) is 2. The first kappa shape index (κ1) is 33.6. The van der Waals surface area contributed by atoms with Crippen molar-refractivity contribution in [3.63, 3.8) is 0 Å². The second-order valence-corrected chi connectivity index (χ2v) is 16.8. The summed E-state index contributed by atoms with van der Waals surface area (Å²) in [6.45, 7) is 6.56. The van der Waals surface area contributed by atoms with Gasteiger partial charge in [0.2, 0.25) is 5.88 Å². The molecule has 6 fully saturated rings. The molecule has 0 radical (unpaired) electrons. The van der Waals surface area contributed by atoms with Gasteiger partial charge in [0.15, 0.2) is 5.82 Å². The fourth-order valence-electron chi connectivity index (χ4n) is 10.5. The van der Waals surface area contributed by atoms with Gasteiger partial charge in [-0.1, -0.05) is 18.0 Å². The number of methoxy groups -OCH3 is 1. The zero-order chi connectivity index (χ0) is 36.1. The van der Waals surface area contributed by atoms with Crippen LogP contribution in [0.2, 0.25) is 5.02 Å². The standard InChI is InChI=1S/C38H44ClFN8O5/c1-21-12-24-23(15-42-46-24)26(28(21)39)30-29(40)31-27(33(43-30)50-2)32(47-10-5-9-38(17-47)16-41-35(49)53-38)45-34(44-31)52-20-37-7-3-6-25(37)48(11-4-8-37)22-13-36(14-22)18-51-19-36/h12,15,22,25H,3-11,13-14,16-20H2,1-2H3,(H,41,49)(H,42,46)/t25-,37-,38+/m1/s1. The van der Waals surface area contributed by atoms with E-state index in [1.165, 1.54) is 20.0 Å². The van der Waals surface area contributed by atoms with Gasteiger partial charge in [-0.25, -0.2) is 14.2 Å². The number of anilines is 1. The SMILES string of the molecule is COc1nc(-c2c(Cl)c(C)cc3[nH]ncc23)c(F)c2nc(OC[C@]34CCC[C@H]3N(C3CC5(COC5)C3)CCC4)nc(N3CCC[C@]4(CNC(=O)O4)C3)c12. The van der Waals surface area contributed by atoms with Crippen LogP contribution in [0, 0.1) is 23.6 Å². The van der Waals surface area contributed by atoms with E-state index in [1.54, 1.807) is 6.20 Å². The minimum atomic E-state index is -0.734. The number of H-pyrrole nitrogens is 1. The average Bonchev–Trinajstić information content (AvgIpc) is 3.86. The molecule has 0 bridgehead atoms. The fraction of sp³-hybridized carbons (Fsp3) is 0.605. The van der Waals surface area contributed by atoms with E-state index in [1.807, 2.05) is 17.9 Å². The Morgan fingerprint density at radius 3 is 2.72 bits per heavy atom. The van der Waals surface area contributed by atoms with Crippen LogP contribution in [0.3, 0.4) is 0 Å². The average molecular weight is 747 g/mol. The molecular weight excluding hydrogens is 703 g/mol. The highest BCUT2D eigenvalue weighted by Crippen LogP contribution is 2.55. The molecule has 15 heteroatoms. The van der Waals surface area contributed by atoms with E-state index in [4.69, 9.17) is 45.5 Å². The molecular formula is C38H44ClFN8O5. The molecule has 4 aromatic rings. The first-order valence-corrected chi connectivity index (χ1v) is 19.3. The monoisotopic (exact) mass is 746 g/mol. The number of alkyl carbamates (subject to hydrolysis) is 1. The van der Waals surface area contributed by atoms with Gasteiger partial charge in [0.1, 0.15) is 28.0 Å². The van der Waals surface area contributed by atoms with Gasteiger partial charge < -0.3 is 29.2 Å². The van der Waals surface area contributed by atoms with Gasteiger partial charge >= 0.3 is 12.1 Å². The third kappa shape index (κ3) is 5.25. The van der Waals surface area contributed by atoms with Crippen molar-refractivity contribution in [3.8, 4) is 23.1 Å². The number of halogens is 2. The second kappa shape index (κ2) is 12.3.